The van der Waals surface area contributed by atoms with E-state index >= 15 is 0 Å². The van der Waals surface area contributed by atoms with Crippen molar-refractivity contribution >= 4 is 40.6 Å². The molecule has 0 aliphatic carbocycles. The number of fused-ring (bicyclic) bond motifs is 1. The molecule has 1 aliphatic rings. The number of ether oxygens (including phenoxy) is 1. The van der Waals surface area contributed by atoms with E-state index in [0.717, 1.165) is 68.1 Å². The Balaban J connectivity index is 0.00000306. The highest BCUT2D eigenvalue weighted by Gasteiger charge is 2.21. The predicted octanol–water partition coefficient (Wildman–Crippen LogP) is 3.57. The quantitative estimate of drug-likeness (QED) is 0.327. The van der Waals surface area contributed by atoms with Crippen molar-refractivity contribution in [3.63, 3.8) is 0 Å². The third kappa shape index (κ3) is 6.12. The molecule has 7 nitrogen and oxygen atoms in total. The van der Waals surface area contributed by atoms with Gasteiger partial charge in [0.25, 0.3) is 0 Å². The van der Waals surface area contributed by atoms with Crippen LogP contribution in [0.2, 0.25) is 0 Å². The lowest BCUT2D eigenvalue weighted by Gasteiger charge is -2.36. The van der Waals surface area contributed by atoms with Crippen LogP contribution in [0.1, 0.15) is 24.8 Å². The first-order valence-electron chi connectivity index (χ1n) is 11.5. The van der Waals surface area contributed by atoms with Crippen LogP contribution in [0, 0.1) is 0 Å². The standard InChI is InChI=1S/C25H33N5O2.ClH/c26-11-10-19-18-28-23-9-8-20(17-21(19)23)32-16-4-3-7-25(31)30-14-12-29(13-15-30)24-6-2-1-5-22(24)27;/h1-2,5-6,8-9,17-18,28H,3-4,7,10-16,26-27H2;1H. The number of hydrogen-bond donors (Lipinski definition) is 3. The van der Waals surface area contributed by atoms with Crippen molar-refractivity contribution in [3.8, 4) is 5.75 Å². The van der Waals surface area contributed by atoms with Gasteiger partial charge in [0.2, 0.25) is 5.91 Å². The maximum atomic E-state index is 12.6. The van der Waals surface area contributed by atoms with Crippen molar-refractivity contribution in [2.45, 2.75) is 25.7 Å². The van der Waals surface area contributed by atoms with Crippen LogP contribution < -0.4 is 21.1 Å². The van der Waals surface area contributed by atoms with Gasteiger partial charge < -0.3 is 31.0 Å². The number of aromatic amines is 1. The molecule has 1 saturated heterocycles. The molecule has 1 fully saturated rings. The number of unbranched alkanes of at least 4 members (excludes halogenated alkanes) is 1. The van der Waals surface area contributed by atoms with Crippen molar-refractivity contribution in [1.82, 2.24) is 9.88 Å². The zero-order valence-electron chi connectivity index (χ0n) is 19.0. The molecule has 0 spiro atoms. The third-order valence-electron chi connectivity index (χ3n) is 6.12. The minimum atomic E-state index is 0. The average Bonchev–Trinajstić information content (AvgIpc) is 3.21. The van der Waals surface area contributed by atoms with Crippen LogP contribution in [0.4, 0.5) is 11.4 Å². The molecule has 5 N–H and O–H groups in total. The fraction of sp³-hybridized carbons (Fsp3) is 0.400. The smallest absolute Gasteiger partial charge is 0.222 e. The maximum absolute atomic E-state index is 12.6. The van der Waals surface area contributed by atoms with Crippen LogP contribution in [0.5, 0.6) is 5.75 Å². The largest absolute Gasteiger partial charge is 0.494 e. The van der Waals surface area contributed by atoms with Gasteiger partial charge in [0.05, 0.1) is 18.0 Å². The molecule has 1 aliphatic heterocycles. The summed E-state index contributed by atoms with van der Waals surface area (Å²) in [5.41, 5.74) is 15.9. The number of nitrogens with one attached hydrogen (secondary N) is 1. The summed E-state index contributed by atoms with van der Waals surface area (Å²) in [5, 5.41) is 1.17. The lowest BCUT2D eigenvalue weighted by molar-refractivity contribution is -0.131. The highest BCUT2D eigenvalue weighted by molar-refractivity contribution is 5.85. The van der Waals surface area contributed by atoms with E-state index in [0.29, 0.717) is 19.6 Å². The van der Waals surface area contributed by atoms with Gasteiger partial charge in [-0.15, -0.1) is 12.4 Å². The molecular formula is C25H34ClN5O2. The van der Waals surface area contributed by atoms with Crippen LogP contribution in [-0.4, -0.2) is 55.1 Å². The second kappa shape index (κ2) is 11.8. The van der Waals surface area contributed by atoms with Gasteiger partial charge in [0, 0.05) is 49.7 Å². The van der Waals surface area contributed by atoms with Crippen LogP contribution in [0.15, 0.2) is 48.7 Å². The number of nitrogen functional groups attached to an aromatic ring is 1. The fourth-order valence-corrected chi connectivity index (χ4v) is 4.31. The van der Waals surface area contributed by atoms with Crippen molar-refractivity contribution in [3.05, 3.63) is 54.2 Å². The van der Waals surface area contributed by atoms with E-state index in [1.165, 1.54) is 10.9 Å². The number of amides is 1. The Hall–Kier alpha value is -2.90. The Labute approximate surface area is 201 Å². The molecule has 4 rings (SSSR count). The van der Waals surface area contributed by atoms with Gasteiger partial charge >= 0.3 is 0 Å². The number of piperazine rings is 1. The summed E-state index contributed by atoms with van der Waals surface area (Å²) >= 11 is 0. The number of nitrogens with zero attached hydrogens (tertiary/aromatic N) is 2. The van der Waals surface area contributed by atoms with E-state index in [4.69, 9.17) is 16.2 Å². The van der Waals surface area contributed by atoms with E-state index in [2.05, 4.69) is 16.0 Å². The predicted molar refractivity (Wildman–Crippen MR) is 137 cm³/mol. The molecule has 8 heteroatoms. The minimum absolute atomic E-state index is 0. The number of hydrogen-bond acceptors (Lipinski definition) is 5. The summed E-state index contributed by atoms with van der Waals surface area (Å²) in [4.78, 5) is 20.1. The van der Waals surface area contributed by atoms with Crippen LogP contribution in [0.3, 0.4) is 0 Å². The lowest BCUT2D eigenvalue weighted by atomic mass is 10.1. The second-order valence-electron chi connectivity index (χ2n) is 8.29. The van der Waals surface area contributed by atoms with E-state index < -0.39 is 0 Å². The summed E-state index contributed by atoms with van der Waals surface area (Å²) in [6.07, 6.45) is 5.11. The number of benzene rings is 2. The molecule has 0 atom stereocenters. The van der Waals surface area contributed by atoms with Gasteiger partial charge in [-0.3, -0.25) is 4.79 Å². The van der Waals surface area contributed by atoms with Crippen molar-refractivity contribution < 1.29 is 9.53 Å². The average molecular weight is 472 g/mol. The Morgan fingerprint density at radius 1 is 1.06 bits per heavy atom. The molecule has 1 aromatic heterocycles. The monoisotopic (exact) mass is 471 g/mol. The zero-order valence-corrected chi connectivity index (χ0v) is 19.8. The van der Waals surface area contributed by atoms with Crippen LogP contribution >= 0.6 is 12.4 Å². The first-order chi connectivity index (χ1) is 15.7. The Bertz CT molecular complexity index is 1050. The summed E-state index contributed by atoms with van der Waals surface area (Å²) in [5.74, 6) is 1.09. The highest BCUT2D eigenvalue weighted by Crippen LogP contribution is 2.25. The molecule has 0 unspecified atom stereocenters. The molecule has 33 heavy (non-hydrogen) atoms. The molecule has 178 valence electrons. The lowest BCUT2D eigenvalue weighted by Crippen LogP contribution is -2.48. The maximum Gasteiger partial charge on any atom is 0.222 e. The van der Waals surface area contributed by atoms with Gasteiger partial charge in [-0.05, 0) is 61.7 Å². The number of carbonyl (C=O) groups excluding carboxylic acids is 1. The SMILES string of the molecule is Cl.NCCc1c[nH]c2ccc(OCCCCC(=O)N3CCN(c4ccccc4N)CC3)cc12. The molecule has 3 aromatic rings. The van der Waals surface area contributed by atoms with E-state index in [1.807, 2.05) is 47.5 Å². The van der Waals surface area contributed by atoms with Gasteiger partial charge in [-0.25, -0.2) is 0 Å². The number of halogens is 1. The normalized spacial score (nSPS) is 13.7. The molecule has 2 aromatic carbocycles. The van der Waals surface area contributed by atoms with Gasteiger partial charge in [0.15, 0.2) is 0 Å². The molecule has 0 saturated carbocycles. The molecule has 0 radical (unpaired) electrons. The van der Waals surface area contributed by atoms with Gasteiger partial charge in [-0.1, -0.05) is 12.1 Å². The number of nitrogens with two attached hydrogens (primary N) is 2. The molecule has 1 amide bonds. The molecular weight excluding hydrogens is 438 g/mol. The molecule has 0 bridgehead atoms. The molecule has 2 heterocycles. The summed E-state index contributed by atoms with van der Waals surface area (Å²) in [6.45, 7) is 4.35. The fourth-order valence-electron chi connectivity index (χ4n) is 4.31. The number of anilines is 2. The number of carbonyl (C=O) groups is 1. The first kappa shape index (κ1) is 24.7. The number of rotatable bonds is 9. The second-order valence-corrected chi connectivity index (χ2v) is 8.29. The topological polar surface area (TPSA) is 101 Å². The summed E-state index contributed by atoms with van der Waals surface area (Å²) in [6, 6.07) is 14.0. The van der Waals surface area contributed by atoms with Gasteiger partial charge in [0.1, 0.15) is 5.75 Å². The zero-order chi connectivity index (χ0) is 22.3. The van der Waals surface area contributed by atoms with Crippen LogP contribution in [-0.2, 0) is 11.2 Å². The minimum Gasteiger partial charge on any atom is -0.494 e. The first-order valence-corrected chi connectivity index (χ1v) is 11.5. The summed E-state index contributed by atoms with van der Waals surface area (Å²) < 4.78 is 5.93. The van der Waals surface area contributed by atoms with Crippen LogP contribution in [0.25, 0.3) is 10.9 Å². The summed E-state index contributed by atoms with van der Waals surface area (Å²) in [7, 11) is 0. The number of aromatic nitrogens is 1. The van der Waals surface area contributed by atoms with Crippen molar-refractivity contribution in [1.29, 1.82) is 0 Å². The van der Waals surface area contributed by atoms with Crippen molar-refractivity contribution in [2.75, 3.05) is 50.0 Å². The number of para-hydroxylation sites is 2. The van der Waals surface area contributed by atoms with E-state index in [1.54, 1.807) is 0 Å². The van der Waals surface area contributed by atoms with E-state index in [-0.39, 0.29) is 18.3 Å². The van der Waals surface area contributed by atoms with E-state index in [9.17, 15) is 4.79 Å². The Morgan fingerprint density at radius 3 is 2.61 bits per heavy atom. The third-order valence-corrected chi connectivity index (χ3v) is 6.12. The number of H-pyrrole nitrogens is 1. The Morgan fingerprint density at radius 2 is 1.85 bits per heavy atom. The van der Waals surface area contributed by atoms with Gasteiger partial charge in [-0.2, -0.15) is 0 Å². The highest BCUT2D eigenvalue weighted by atomic mass is 35.5. The Kier molecular flexibility index (Phi) is 8.86. The van der Waals surface area contributed by atoms with Crippen molar-refractivity contribution in [2.24, 2.45) is 5.73 Å².